The standard InChI is InChI=1S/C22H23N5O/c28-20-13-14-7-8-15-16(9-10-17(14)25-20)22(19-6-2-4-12-24-19)27-26-21(15)18-5-1-3-11-23-18/h1-6,11-12,14-17H,7-10,13H2,(H,25,28). The molecule has 2 fully saturated rings. The van der Waals surface area contributed by atoms with Crippen molar-refractivity contribution in [2.75, 3.05) is 0 Å². The zero-order valence-corrected chi connectivity index (χ0v) is 15.7. The Hall–Kier alpha value is -2.89. The fraction of sp³-hybridized carbons (Fsp3) is 0.409. The van der Waals surface area contributed by atoms with Crippen LogP contribution in [0.5, 0.6) is 0 Å². The summed E-state index contributed by atoms with van der Waals surface area (Å²) in [6.45, 7) is 0. The smallest absolute Gasteiger partial charge is 0.220 e. The molecule has 4 unspecified atom stereocenters. The Balaban J connectivity index is 1.54. The molecule has 0 spiro atoms. The summed E-state index contributed by atoms with van der Waals surface area (Å²) < 4.78 is 0. The monoisotopic (exact) mass is 373 g/mol. The van der Waals surface area contributed by atoms with Crippen LogP contribution in [-0.2, 0) is 4.79 Å². The van der Waals surface area contributed by atoms with Gasteiger partial charge in [0.25, 0.3) is 0 Å². The van der Waals surface area contributed by atoms with Crippen LogP contribution in [0, 0.1) is 17.8 Å². The van der Waals surface area contributed by atoms with E-state index in [1.54, 1.807) is 6.20 Å². The molecule has 1 saturated carbocycles. The number of carbonyl (C=O) groups is 1. The summed E-state index contributed by atoms with van der Waals surface area (Å²) in [6, 6.07) is 12.1. The normalized spacial score (nSPS) is 29.5. The Bertz CT molecular complexity index is 849. The van der Waals surface area contributed by atoms with Gasteiger partial charge in [0.2, 0.25) is 5.91 Å². The van der Waals surface area contributed by atoms with Crippen molar-refractivity contribution >= 4 is 17.3 Å². The van der Waals surface area contributed by atoms with Gasteiger partial charge in [0.1, 0.15) is 0 Å². The zero-order chi connectivity index (χ0) is 18.9. The molecule has 4 heterocycles. The van der Waals surface area contributed by atoms with E-state index in [2.05, 4.69) is 25.5 Å². The van der Waals surface area contributed by atoms with Crippen LogP contribution in [0.2, 0.25) is 0 Å². The minimum Gasteiger partial charge on any atom is -0.353 e. The molecule has 1 N–H and O–H groups in total. The van der Waals surface area contributed by atoms with E-state index in [-0.39, 0.29) is 23.8 Å². The Kier molecular flexibility index (Phi) is 4.47. The van der Waals surface area contributed by atoms with Crippen LogP contribution in [0.1, 0.15) is 43.5 Å². The average Bonchev–Trinajstić information content (AvgIpc) is 3.08. The summed E-state index contributed by atoms with van der Waals surface area (Å²) in [6.07, 6.45) is 8.21. The maximum Gasteiger partial charge on any atom is 0.220 e. The van der Waals surface area contributed by atoms with E-state index in [4.69, 9.17) is 0 Å². The first-order chi connectivity index (χ1) is 13.8. The molecule has 4 atom stereocenters. The summed E-state index contributed by atoms with van der Waals surface area (Å²) in [7, 11) is 0. The van der Waals surface area contributed by atoms with Gasteiger partial charge in [-0.1, -0.05) is 12.1 Å². The predicted molar refractivity (Wildman–Crippen MR) is 107 cm³/mol. The van der Waals surface area contributed by atoms with Crippen molar-refractivity contribution in [3.05, 3.63) is 60.2 Å². The Labute approximate surface area is 164 Å². The van der Waals surface area contributed by atoms with Gasteiger partial charge < -0.3 is 5.32 Å². The second-order valence-corrected chi connectivity index (χ2v) is 7.91. The molecule has 3 aliphatic rings. The highest BCUT2D eigenvalue weighted by Crippen LogP contribution is 2.39. The van der Waals surface area contributed by atoms with Crippen LogP contribution < -0.4 is 5.32 Å². The number of pyridine rings is 2. The largest absolute Gasteiger partial charge is 0.353 e. The Morgan fingerprint density at radius 3 is 1.96 bits per heavy atom. The van der Waals surface area contributed by atoms with Crippen LogP contribution in [-0.4, -0.2) is 33.3 Å². The van der Waals surface area contributed by atoms with E-state index in [0.717, 1.165) is 48.5 Å². The van der Waals surface area contributed by atoms with Crippen molar-refractivity contribution < 1.29 is 4.79 Å². The van der Waals surface area contributed by atoms with Crippen molar-refractivity contribution in [3.8, 4) is 0 Å². The molecule has 6 heteroatoms. The quantitative estimate of drug-likeness (QED) is 0.879. The molecular formula is C22H23N5O. The highest BCUT2D eigenvalue weighted by atomic mass is 16.2. The van der Waals surface area contributed by atoms with Gasteiger partial charge in [-0.15, -0.1) is 0 Å². The highest BCUT2D eigenvalue weighted by Gasteiger charge is 2.41. The van der Waals surface area contributed by atoms with Gasteiger partial charge in [-0.2, -0.15) is 10.2 Å². The molecule has 2 aromatic heterocycles. The zero-order valence-electron chi connectivity index (χ0n) is 15.7. The maximum absolute atomic E-state index is 11.9. The molecule has 6 nitrogen and oxygen atoms in total. The van der Waals surface area contributed by atoms with Gasteiger partial charge in [0.15, 0.2) is 0 Å². The van der Waals surface area contributed by atoms with Gasteiger partial charge in [-0.25, -0.2) is 0 Å². The second-order valence-electron chi connectivity index (χ2n) is 7.91. The van der Waals surface area contributed by atoms with Crippen LogP contribution in [0.15, 0.2) is 59.0 Å². The van der Waals surface area contributed by atoms with Crippen LogP contribution in [0.25, 0.3) is 0 Å². The Morgan fingerprint density at radius 2 is 1.39 bits per heavy atom. The third-order valence-electron chi connectivity index (χ3n) is 6.31. The minimum absolute atomic E-state index is 0.192. The van der Waals surface area contributed by atoms with Crippen molar-refractivity contribution in [3.63, 3.8) is 0 Å². The molecule has 1 amide bonds. The number of nitrogens with zero attached hydrogens (tertiary/aromatic N) is 4. The van der Waals surface area contributed by atoms with E-state index < -0.39 is 0 Å². The number of aromatic nitrogens is 2. The molecule has 2 aromatic rings. The van der Waals surface area contributed by atoms with Gasteiger partial charge in [-0.3, -0.25) is 14.8 Å². The SMILES string of the molecule is O=C1CC2CCC3C(c4ccccn4)=NN=C(c4ccccn4)C3CCC2N1. The third kappa shape index (κ3) is 3.13. The number of fused-ring (bicyclic) bond motifs is 2. The van der Waals surface area contributed by atoms with Gasteiger partial charge in [0.05, 0.1) is 22.8 Å². The molecular weight excluding hydrogens is 350 g/mol. The van der Waals surface area contributed by atoms with Crippen LogP contribution in [0.4, 0.5) is 0 Å². The molecule has 5 rings (SSSR count). The number of carbonyl (C=O) groups excluding carboxylic acids is 1. The molecule has 0 bridgehead atoms. The number of hydrogen-bond acceptors (Lipinski definition) is 5. The summed E-state index contributed by atoms with van der Waals surface area (Å²) in [5, 5.41) is 12.4. The van der Waals surface area contributed by atoms with Gasteiger partial charge in [0, 0.05) is 36.7 Å². The third-order valence-corrected chi connectivity index (χ3v) is 6.31. The lowest BCUT2D eigenvalue weighted by molar-refractivity contribution is -0.119. The molecule has 1 aliphatic carbocycles. The van der Waals surface area contributed by atoms with E-state index >= 15 is 0 Å². The fourth-order valence-corrected chi connectivity index (χ4v) is 4.95. The van der Waals surface area contributed by atoms with Gasteiger partial charge >= 0.3 is 0 Å². The number of hydrogen-bond donors (Lipinski definition) is 1. The van der Waals surface area contributed by atoms with Crippen molar-refractivity contribution in [1.82, 2.24) is 15.3 Å². The first-order valence-electron chi connectivity index (χ1n) is 10.1. The number of amides is 1. The lowest BCUT2D eigenvalue weighted by Gasteiger charge is -2.35. The minimum atomic E-state index is 0.192. The van der Waals surface area contributed by atoms with E-state index in [1.165, 1.54) is 0 Å². The van der Waals surface area contributed by atoms with E-state index in [0.29, 0.717) is 12.3 Å². The molecule has 0 aromatic carbocycles. The van der Waals surface area contributed by atoms with Crippen molar-refractivity contribution in [2.45, 2.75) is 38.1 Å². The van der Waals surface area contributed by atoms with E-state index in [9.17, 15) is 4.79 Å². The van der Waals surface area contributed by atoms with E-state index in [1.807, 2.05) is 42.6 Å². The number of rotatable bonds is 2. The molecule has 142 valence electrons. The lowest BCUT2D eigenvalue weighted by Crippen LogP contribution is -2.39. The van der Waals surface area contributed by atoms with Crippen molar-refractivity contribution in [1.29, 1.82) is 0 Å². The molecule has 1 saturated heterocycles. The van der Waals surface area contributed by atoms with Crippen LogP contribution >= 0.6 is 0 Å². The molecule has 2 aliphatic heterocycles. The van der Waals surface area contributed by atoms with Gasteiger partial charge in [-0.05, 0) is 55.9 Å². The highest BCUT2D eigenvalue weighted by molar-refractivity contribution is 6.10. The first-order valence-corrected chi connectivity index (χ1v) is 10.1. The Morgan fingerprint density at radius 1 is 0.786 bits per heavy atom. The predicted octanol–water partition coefficient (Wildman–Crippen LogP) is 2.99. The molecule has 0 radical (unpaired) electrons. The average molecular weight is 373 g/mol. The number of nitrogens with one attached hydrogen (secondary N) is 1. The summed E-state index contributed by atoms with van der Waals surface area (Å²) >= 11 is 0. The fourth-order valence-electron chi connectivity index (χ4n) is 4.95. The lowest BCUT2D eigenvalue weighted by atomic mass is 9.71. The van der Waals surface area contributed by atoms with Crippen LogP contribution in [0.3, 0.4) is 0 Å². The summed E-state index contributed by atoms with van der Waals surface area (Å²) in [4.78, 5) is 21.0. The summed E-state index contributed by atoms with van der Waals surface area (Å²) in [5.74, 6) is 1.11. The second kappa shape index (κ2) is 7.26. The van der Waals surface area contributed by atoms with Crippen molar-refractivity contribution in [2.24, 2.45) is 28.0 Å². The maximum atomic E-state index is 11.9. The first kappa shape index (κ1) is 17.2. The summed E-state index contributed by atoms with van der Waals surface area (Å²) in [5.41, 5.74) is 3.74. The topological polar surface area (TPSA) is 79.6 Å². The molecule has 28 heavy (non-hydrogen) atoms.